The maximum atomic E-state index is 12.4. The summed E-state index contributed by atoms with van der Waals surface area (Å²) in [5, 5.41) is 2.94. The van der Waals surface area contributed by atoms with Crippen molar-refractivity contribution in [1.82, 2.24) is 9.88 Å². The van der Waals surface area contributed by atoms with E-state index in [1.54, 1.807) is 0 Å². The first-order chi connectivity index (χ1) is 19.9. The second-order valence-electron chi connectivity index (χ2n) is 11.2. The van der Waals surface area contributed by atoms with E-state index in [0.717, 1.165) is 22.4 Å². The van der Waals surface area contributed by atoms with E-state index in [9.17, 15) is 4.79 Å². The van der Waals surface area contributed by atoms with Gasteiger partial charge in [-0.2, -0.15) is 0 Å². The molecular weight excluding hydrogens is 506 g/mol. The molecule has 1 heterocycles. The minimum Gasteiger partial charge on any atom is -0.444 e. The highest BCUT2D eigenvalue weighted by Gasteiger charge is 2.43. The summed E-state index contributed by atoms with van der Waals surface area (Å²) >= 11 is 0. The van der Waals surface area contributed by atoms with Crippen LogP contribution in [0.1, 0.15) is 48.7 Å². The number of nitrogens with one attached hydrogen (secondary N) is 1. The van der Waals surface area contributed by atoms with Crippen LogP contribution in [0.15, 0.2) is 134 Å². The number of benzene rings is 4. The molecule has 0 aliphatic heterocycles. The molecule has 4 aromatic carbocycles. The lowest BCUT2D eigenvalue weighted by Crippen LogP contribution is -2.57. The Hall–Kier alpha value is -4.64. The number of amides is 1. The molecule has 0 atom stereocenters. The van der Waals surface area contributed by atoms with Crippen LogP contribution in [0.4, 0.5) is 4.79 Å². The molecule has 0 unspecified atom stereocenters. The highest BCUT2D eigenvalue weighted by atomic mass is 16.6. The van der Waals surface area contributed by atoms with Gasteiger partial charge in [-0.1, -0.05) is 121 Å². The molecule has 5 heteroatoms. The van der Waals surface area contributed by atoms with Crippen LogP contribution in [-0.2, 0) is 23.2 Å². The molecule has 1 aromatic heterocycles. The van der Waals surface area contributed by atoms with E-state index in [1.165, 1.54) is 5.56 Å². The van der Waals surface area contributed by atoms with Crippen LogP contribution >= 0.6 is 0 Å². The fourth-order valence-electron chi connectivity index (χ4n) is 5.40. The molecule has 0 fully saturated rings. The molecule has 0 saturated carbocycles. The molecule has 0 saturated heterocycles. The number of hydrogen-bond acceptors (Lipinski definition) is 2. The third-order valence-electron chi connectivity index (χ3n) is 7.13. The van der Waals surface area contributed by atoms with Gasteiger partial charge in [0.2, 0.25) is 6.33 Å². The van der Waals surface area contributed by atoms with Crippen LogP contribution in [0, 0.1) is 0 Å². The van der Waals surface area contributed by atoms with Crippen LogP contribution in [0.2, 0.25) is 0 Å². The van der Waals surface area contributed by atoms with Crippen molar-refractivity contribution in [3.05, 3.63) is 162 Å². The summed E-state index contributed by atoms with van der Waals surface area (Å²) in [6.07, 6.45) is 4.68. The van der Waals surface area contributed by atoms with Gasteiger partial charge in [-0.3, -0.25) is 0 Å². The monoisotopic (exact) mass is 544 g/mol. The summed E-state index contributed by atoms with van der Waals surface area (Å²) in [4.78, 5) is 12.4. The van der Waals surface area contributed by atoms with E-state index < -0.39 is 17.2 Å². The Morgan fingerprint density at radius 2 is 1.20 bits per heavy atom. The predicted molar refractivity (Wildman–Crippen MR) is 163 cm³/mol. The summed E-state index contributed by atoms with van der Waals surface area (Å²) in [6, 6.07) is 42.4. The lowest BCUT2D eigenvalue weighted by atomic mass is 9.77. The highest BCUT2D eigenvalue weighted by molar-refractivity contribution is 5.67. The number of hydrogen-bond donors (Lipinski definition) is 1. The average molecular weight is 545 g/mol. The minimum absolute atomic E-state index is 0.404. The number of aromatic nitrogens is 2. The van der Waals surface area contributed by atoms with E-state index >= 15 is 0 Å². The summed E-state index contributed by atoms with van der Waals surface area (Å²) < 4.78 is 10.1. The number of imidazole rings is 1. The van der Waals surface area contributed by atoms with Crippen molar-refractivity contribution < 1.29 is 14.1 Å². The molecule has 5 aromatic rings. The van der Waals surface area contributed by atoms with E-state index in [0.29, 0.717) is 19.5 Å². The topological polar surface area (TPSA) is 47.1 Å². The SMILES string of the molecule is CC(C)(C)OC(=O)NCCc1c[n+](C(c2ccccc2)(c2ccccc2)c2ccccc2)cn1Cc1ccccc1. The summed E-state index contributed by atoms with van der Waals surface area (Å²) in [6.45, 7) is 6.79. The molecule has 41 heavy (non-hydrogen) atoms. The van der Waals surface area contributed by atoms with Crippen molar-refractivity contribution in [2.75, 3.05) is 6.54 Å². The summed E-state index contributed by atoms with van der Waals surface area (Å²) in [5.74, 6) is 0. The molecule has 0 radical (unpaired) electrons. The number of rotatable bonds is 9. The van der Waals surface area contributed by atoms with E-state index in [1.807, 2.05) is 26.8 Å². The fraction of sp³-hybridized carbons (Fsp3) is 0.222. The van der Waals surface area contributed by atoms with Crippen molar-refractivity contribution in [3.8, 4) is 0 Å². The number of nitrogens with zero attached hydrogens (tertiary/aromatic N) is 2. The van der Waals surface area contributed by atoms with E-state index in [-0.39, 0.29) is 0 Å². The van der Waals surface area contributed by atoms with Crippen LogP contribution < -0.4 is 9.88 Å². The zero-order valence-electron chi connectivity index (χ0n) is 24.0. The smallest absolute Gasteiger partial charge is 0.407 e. The first-order valence-corrected chi connectivity index (χ1v) is 14.1. The number of carbonyl (C=O) groups is 1. The van der Waals surface area contributed by atoms with Gasteiger partial charge in [0.25, 0.3) is 0 Å². The molecule has 0 aliphatic carbocycles. The van der Waals surface area contributed by atoms with Gasteiger partial charge in [0.1, 0.15) is 24.0 Å². The molecule has 1 N–H and O–H groups in total. The second kappa shape index (κ2) is 12.3. The van der Waals surface area contributed by atoms with Gasteiger partial charge in [-0.05, 0) is 26.3 Å². The largest absolute Gasteiger partial charge is 0.444 e. The van der Waals surface area contributed by atoms with Crippen LogP contribution in [0.3, 0.4) is 0 Å². The Balaban J connectivity index is 1.64. The summed E-state index contributed by atoms with van der Waals surface area (Å²) in [7, 11) is 0. The molecule has 0 bridgehead atoms. The zero-order valence-corrected chi connectivity index (χ0v) is 24.0. The van der Waals surface area contributed by atoms with Crippen LogP contribution in [-0.4, -0.2) is 22.8 Å². The number of alkyl carbamates (subject to hydrolysis) is 1. The van der Waals surface area contributed by atoms with E-state index in [2.05, 4.69) is 142 Å². The first kappa shape index (κ1) is 27.9. The molecule has 0 spiro atoms. The fourth-order valence-corrected chi connectivity index (χ4v) is 5.40. The molecule has 208 valence electrons. The van der Waals surface area contributed by atoms with Crippen molar-refractivity contribution in [2.24, 2.45) is 0 Å². The Kier molecular flexibility index (Phi) is 8.34. The van der Waals surface area contributed by atoms with Crippen molar-refractivity contribution in [1.29, 1.82) is 0 Å². The Morgan fingerprint density at radius 1 is 0.732 bits per heavy atom. The molecule has 0 aliphatic rings. The predicted octanol–water partition coefficient (Wildman–Crippen LogP) is 6.73. The quantitative estimate of drug-likeness (QED) is 0.165. The maximum absolute atomic E-state index is 12.4. The summed E-state index contributed by atoms with van der Waals surface area (Å²) in [5.41, 5.74) is 4.66. The van der Waals surface area contributed by atoms with Crippen molar-refractivity contribution >= 4 is 6.09 Å². The lowest BCUT2D eigenvalue weighted by Gasteiger charge is -2.32. The highest BCUT2D eigenvalue weighted by Crippen LogP contribution is 2.36. The third kappa shape index (κ3) is 6.41. The molecule has 5 rings (SSSR count). The van der Waals surface area contributed by atoms with Gasteiger partial charge in [0.15, 0.2) is 5.54 Å². The van der Waals surface area contributed by atoms with Gasteiger partial charge in [-0.15, -0.1) is 0 Å². The van der Waals surface area contributed by atoms with Gasteiger partial charge in [-0.25, -0.2) is 13.9 Å². The maximum Gasteiger partial charge on any atom is 0.407 e. The Morgan fingerprint density at radius 3 is 1.66 bits per heavy atom. The number of ether oxygens (including phenoxy) is 1. The van der Waals surface area contributed by atoms with Gasteiger partial charge in [0.05, 0.1) is 0 Å². The Bertz CT molecular complexity index is 1440. The van der Waals surface area contributed by atoms with Crippen LogP contribution in [0.25, 0.3) is 0 Å². The Labute approximate surface area is 243 Å². The van der Waals surface area contributed by atoms with Crippen LogP contribution in [0.5, 0.6) is 0 Å². The van der Waals surface area contributed by atoms with Crippen molar-refractivity contribution in [2.45, 2.75) is 44.9 Å². The average Bonchev–Trinajstić information content (AvgIpc) is 3.37. The van der Waals surface area contributed by atoms with Crippen molar-refractivity contribution in [3.63, 3.8) is 0 Å². The third-order valence-corrected chi connectivity index (χ3v) is 7.13. The normalized spacial score (nSPS) is 11.7. The van der Waals surface area contributed by atoms with Gasteiger partial charge in [0, 0.05) is 29.7 Å². The second-order valence-corrected chi connectivity index (χ2v) is 11.2. The van der Waals surface area contributed by atoms with Gasteiger partial charge >= 0.3 is 6.09 Å². The molecule has 5 nitrogen and oxygen atoms in total. The molecule has 1 amide bonds. The lowest BCUT2D eigenvalue weighted by molar-refractivity contribution is -0.734. The molecular formula is C36H38N3O2+. The van der Waals surface area contributed by atoms with E-state index in [4.69, 9.17) is 4.74 Å². The van der Waals surface area contributed by atoms with Gasteiger partial charge < -0.3 is 10.1 Å². The minimum atomic E-state index is -0.612. The zero-order chi connectivity index (χ0) is 28.7. The first-order valence-electron chi connectivity index (χ1n) is 14.1. The number of carbonyl (C=O) groups excluding carboxylic acids is 1. The standard InChI is InChI=1S/C36H37N3O2/c1-35(2,3)41-34(40)37-25-24-33-27-39(28-38(33)26-29-16-8-4-9-17-29)36(30-18-10-5-11-19-30,31-20-12-6-13-21-31)32-22-14-7-15-23-32/h4-23,27-28H,24-26H2,1-3H3/p+1.